The highest BCUT2D eigenvalue weighted by Crippen LogP contribution is 2.27. The zero-order valence-corrected chi connectivity index (χ0v) is 10.4. The second kappa shape index (κ2) is 4.82. The topological polar surface area (TPSA) is 40.1 Å². The van der Waals surface area contributed by atoms with Crippen molar-refractivity contribution in [3.8, 4) is 0 Å². The number of aromatic carboxylic acids is 1. The molecule has 2 heterocycles. The molecule has 5 heteroatoms. The highest BCUT2D eigenvalue weighted by atomic mass is 35.5. The maximum atomic E-state index is 10.8. The van der Waals surface area contributed by atoms with Crippen LogP contribution in [-0.4, -0.2) is 5.97 Å². The van der Waals surface area contributed by atoms with Crippen molar-refractivity contribution in [3.05, 3.63) is 43.2 Å². The van der Waals surface area contributed by atoms with E-state index >= 15 is 0 Å². The molecule has 0 radical (unpaired) electrons. The summed E-state index contributed by atoms with van der Waals surface area (Å²) in [6.07, 6.45) is 3.58. The Balaban J connectivity index is 2.30. The lowest BCUT2D eigenvalue weighted by Crippen LogP contribution is -2.21. The van der Waals surface area contributed by atoms with Gasteiger partial charge >= 0.3 is 0 Å². The first-order valence-corrected chi connectivity index (χ1v) is 6.51. The lowest BCUT2D eigenvalue weighted by molar-refractivity contribution is -0.254. The smallest absolute Gasteiger partial charge is 0.0941 e. The van der Waals surface area contributed by atoms with Crippen molar-refractivity contribution in [1.29, 1.82) is 0 Å². The lowest BCUT2D eigenvalue weighted by atomic mass is 10.2. The molecule has 0 aliphatic heterocycles. The van der Waals surface area contributed by atoms with E-state index < -0.39 is 5.97 Å². The van der Waals surface area contributed by atoms with E-state index in [1.165, 1.54) is 0 Å². The molecule has 0 spiro atoms. The molecule has 0 aliphatic carbocycles. The number of carboxylic acids is 1. The lowest BCUT2D eigenvalue weighted by Gasteiger charge is -1.98. The van der Waals surface area contributed by atoms with E-state index in [0.717, 1.165) is 16.9 Å². The van der Waals surface area contributed by atoms with Crippen LogP contribution in [0.5, 0.6) is 0 Å². The number of hydrogen-bond acceptors (Lipinski definition) is 4. The molecule has 0 aromatic carbocycles. The zero-order valence-electron chi connectivity index (χ0n) is 7.98. The van der Waals surface area contributed by atoms with Gasteiger partial charge in [-0.15, -0.1) is 11.3 Å². The van der Waals surface area contributed by atoms with E-state index in [0.29, 0.717) is 9.90 Å². The SMILES string of the molecule is O=C([O-])c1sc(Cl)cc1/C=C/c1ccsc1. The summed E-state index contributed by atoms with van der Waals surface area (Å²) in [6, 6.07) is 3.58. The molecule has 16 heavy (non-hydrogen) atoms. The van der Waals surface area contributed by atoms with E-state index in [9.17, 15) is 9.90 Å². The van der Waals surface area contributed by atoms with Crippen molar-refractivity contribution >= 4 is 52.4 Å². The Morgan fingerprint density at radius 2 is 2.25 bits per heavy atom. The summed E-state index contributed by atoms with van der Waals surface area (Å²) in [7, 11) is 0. The molecule has 0 atom stereocenters. The summed E-state index contributed by atoms with van der Waals surface area (Å²) in [5.74, 6) is -1.19. The van der Waals surface area contributed by atoms with Crippen LogP contribution in [0.25, 0.3) is 12.2 Å². The van der Waals surface area contributed by atoms with Gasteiger partial charge in [0.25, 0.3) is 0 Å². The van der Waals surface area contributed by atoms with Gasteiger partial charge in [0, 0.05) is 0 Å². The second-order valence-corrected chi connectivity index (χ2v) is 5.48. The van der Waals surface area contributed by atoms with E-state index in [1.54, 1.807) is 23.5 Å². The number of halogens is 1. The molecule has 0 fully saturated rings. The first kappa shape index (κ1) is 11.4. The highest BCUT2D eigenvalue weighted by Gasteiger charge is 2.06. The molecular weight excluding hydrogens is 264 g/mol. The van der Waals surface area contributed by atoms with Crippen molar-refractivity contribution in [2.75, 3.05) is 0 Å². The Bertz CT molecular complexity index is 526. The quantitative estimate of drug-likeness (QED) is 0.859. The minimum absolute atomic E-state index is 0.163. The van der Waals surface area contributed by atoms with Crippen molar-refractivity contribution in [1.82, 2.24) is 0 Å². The fourth-order valence-electron chi connectivity index (χ4n) is 1.21. The molecule has 2 aromatic heterocycles. The van der Waals surface area contributed by atoms with Crippen LogP contribution in [0.4, 0.5) is 0 Å². The molecule has 0 bridgehead atoms. The van der Waals surface area contributed by atoms with Crippen LogP contribution in [0.3, 0.4) is 0 Å². The molecule has 0 saturated heterocycles. The first-order chi connectivity index (χ1) is 7.66. The van der Waals surface area contributed by atoms with Gasteiger partial charge in [0.2, 0.25) is 0 Å². The maximum Gasteiger partial charge on any atom is 0.0941 e. The average molecular weight is 270 g/mol. The van der Waals surface area contributed by atoms with Gasteiger partial charge < -0.3 is 9.90 Å². The average Bonchev–Trinajstić information content (AvgIpc) is 2.83. The third-order valence-corrected chi connectivity index (χ3v) is 3.88. The van der Waals surface area contributed by atoms with Crippen LogP contribution >= 0.6 is 34.3 Å². The van der Waals surface area contributed by atoms with Gasteiger partial charge in [-0.3, -0.25) is 0 Å². The standard InChI is InChI=1S/C11H7ClO2S2/c12-9-5-8(10(16-9)11(13)14)2-1-7-3-4-15-6-7/h1-6H,(H,13,14)/p-1/b2-1+. The van der Waals surface area contributed by atoms with Crippen molar-refractivity contribution in [2.45, 2.75) is 0 Å². The third kappa shape index (κ3) is 2.52. The Hall–Kier alpha value is -1.10. The Labute approximate surface area is 105 Å². The highest BCUT2D eigenvalue weighted by molar-refractivity contribution is 7.18. The predicted octanol–water partition coefficient (Wildman–Crippen LogP) is 3.00. The Morgan fingerprint density at radius 3 is 2.88 bits per heavy atom. The molecule has 2 aromatic rings. The summed E-state index contributed by atoms with van der Waals surface area (Å²) in [5, 5.41) is 14.7. The number of rotatable bonds is 3. The van der Waals surface area contributed by atoms with Crippen LogP contribution in [0, 0.1) is 0 Å². The van der Waals surface area contributed by atoms with Gasteiger partial charge in [0.05, 0.1) is 15.2 Å². The molecular formula is C11H6ClO2S2-. The van der Waals surface area contributed by atoms with Crippen molar-refractivity contribution in [2.24, 2.45) is 0 Å². The summed E-state index contributed by atoms with van der Waals surface area (Å²) in [6.45, 7) is 0. The predicted molar refractivity (Wildman–Crippen MR) is 66.9 cm³/mol. The Morgan fingerprint density at radius 1 is 1.44 bits per heavy atom. The Kier molecular flexibility index (Phi) is 3.43. The molecule has 82 valence electrons. The summed E-state index contributed by atoms with van der Waals surface area (Å²) in [5.41, 5.74) is 1.62. The minimum atomic E-state index is -1.19. The van der Waals surface area contributed by atoms with Crippen LogP contribution in [0.2, 0.25) is 4.34 Å². The normalized spacial score (nSPS) is 11.1. The maximum absolute atomic E-state index is 10.8. The van der Waals surface area contributed by atoms with Gasteiger partial charge in [-0.1, -0.05) is 23.8 Å². The third-order valence-electron chi connectivity index (χ3n) is 1.91. The fourth-order valence-corrected chi connectivity index (χ4v) is 2.90. The molecule has 2 rings (SSSR count). The first-order valence-electron chi connectivity index (χ1n) is 4.38. The molecule has 0 N–H and O–H groups in total. The van der Waals surface area contributed by atoms with E-state index in [4.69, 9.17) is 11.6 Å². The van der Waals surface area contributed by atoms with Crippen LogP contribution in [-0.2, 0) is 0 Å². The van der Waals surface area contributed by atoms with E-state index in [-0.39, 0.29) is 4.88 Å². The molecule has 0 unspecified atom stereocenters. The monoisotopic (exact) mass is 269 g/mol. The van der Waals surface area contributed by atoms with Crippen molar-refractivity contribution in [3.63, 3.8) is 0 Å². The minimum Gasteiger partial charge on any atom is -0.544 e. The van der Waals surface area contributed by atoms with Crippen molar-refractivity contribution < 1.29 is 9.90 Å². The van der Waals surface area contributed by atoms with Crippen LogP contribution in [0.15, 0.2) is 22.9 Å². The van der Waals surface area contributed by atoms with Crippen LogP contribution in [0.1, 0.15) is 20.8 Å². The summed E-state index contributed by atoms with van der Waals surface area (Å²) < 4.78 is 0.448. The van der Waals surface area contributed by atoms with Crippen LogP contribution < -0.4 is 5.11 Å². The van der Waals surface area contributed by atoms with Gasteiger partial charge in [-0.05, 0) is 34.0 Å². The molecule has 0 amide bonds. The summed E-state index contributed by atoms with van der Waals surface area (Å²) in [4.78, 5) is 11.0. The number of hydrogen-bond donors (Lipinski definition) is 0. The van der Waals surface area contributed by atoms with Gasteiger partial charge in [-0.2, -0.15) is 11.3 Å². The summed E-state index contributed by atoms with van der Waals surface area (Å²) >= 11 is 8.37. The number of carbonyl (C=O) groups excluding carboxylic acids is 1. The van der Waals surface area contributed by atoms with E-state index in [2.05, 4.69) is 0 Å². The number of thiophene rings is 2. The van der Waals surface area contributed by atoms with Gasteiger partial charge in [-0.25, -0.2) is 0 Å². The zero-order chi connectivity index (χ0) is 11.5. The fraction of sp³-hybridized carbons (Fsp3) is 0. The molecule has 0 aliphatic rings. The van der Waals surface area contributed by atoms with Gasteiger partial charge in [0.1, 0.15) is 0 Å². The molecule has 2 nitrogen and oxygen atoms in total. The second-order valence-electron chi connectivity index (χ2n) is 3.01. The number of carboxylic acid groups (broad SMARTS) is 1. The van der Waals surface area contributed by atoms with Gasteiger partial charge in [0.15, 0.2) is 0 Å². The largest absolute Gasteiger partial charge is 0.544 e. The number of carbonyl (C=O) groups is 1. The molecule has 0 saturated carbocycles. The van der Waals surface area contributed by atoms with E-state index in [1.807, 2.05) is 22.9 Å².